The Bertz CT molecular complexity index is 420. The summed E-state index contributed by atoms with van der Waals surface area (Å²) in [7, 11) is 1.36. The summed E-state index contributed by atoms with van der Waals surface area (Å²) in [4.78, 5) is 1.09. The lowest BCUT2D eigenvalue weighted by atomic mass is 9.95. The molecular formula is C14H20F3NO. The first-order valence-electron chi connectivity index (χ1n) is 6.11. The maximum absolute atomic E-state index is 12.2. The number of likely N-dealkylation sites (N-methyl/N-ethyl adjacent to an activating group) is 1. The van der Waals surface area contributed by atoms with Crippen molar-refractivity contribution in [3.63, 3.8) is 0 Å². The standard InChI is InChI=1S/C14H20F3NO/c1-9-5-10(2)13(11(3)6-9)12(19)7-18(4)8-14(15,16)17/h5-6,12,19H,7-8H2,1-4H3. The number of hydrogen-bond donors (Lipinski definition) is 1. The van der Waals surface area contributed by atoms with Gasteiger partial charge in [-0.1, -0.05) is 17.7 Å². The topological polar surface area (TPSA) is 23.5 Å². The fourth-order valence-corrected chi connectivity index (χ4v) is 2.47. The van der Waals surface area contributed by atoms with Crippen LogP contribution in [0, 0.1) is 20.8 Å². The average Bonchev–Trinajstić information content (AvgIpc) is 2.10. The fourth-order valence-electron chi connectivity index (χ4n) is 2.47. The lowest BCUT2D eigenvalue weighted by Gasteiger charge is -2.24. The Hall–Kier alpha value is -1.07. The molecule has 1 N–H and O–H groups in total. The summed E-state index contributed by atoms with van der Waals surface area (Å²) in [5, 5.41) is 10.1. The smallest absolute Gasteiger partial charge is 0.387 e. The van der Waals surface area contributed by atoms with E-state index in [4.69, 9.17) is 0 Å². The molecule has 1 aromatic rings. The molecule has 0 saturated heterocycles. The molecule has 5 heteroatoms. The van der Waals surface area contributed by atoms with E-state index in [0.29, 0.717) is 0 Å². The number of aliphatic hydroxyl groups is 1. The zero-order valence-electron chi connectivity index (χ0n) is 11.7. The van der Waals surface area contributed by atoms with Crippen LogP contribution >= 0.6 is 0 Å². The van der Waals surface area contributed by atoms with Gasteiger partial charge in [0.2, 0.25) is 0 Å². The van der Waals surface area contributed by atoms with Gasteiger partial charge in [0.25, 0.3) is 0 Å². The molecule has 108 valence electrons. The van der Waals surface area contributed by atoms with Crippen LogP contribution in [0.5, 0.6) is 0 Å². The molecule has 0 aliphatic heterocycles. The van der Waals surface area contributed by atoms with Crippen molar-refractivity contribution in [2.24, 2.45) is 0 Å². The van der Waals surface area contributed by atoms with Gasteiger partial charge in [-0.05, 0) is 44.5 Å². The highest BCUT2D eigenvalue weighted by molar-refractivity contribution is 5.39. The summed E-state index contributed by atoms with van der Waals surface area (Å²) < 4.78 is 36.7. The van der Waals surface area contributed by atoms with E-state index in [9.17, 15) is 18.3 Å². The third-order valence-electron chi connectivity index (χ3n) is 3.01. The SMILES string of the molecule is Cc1cc(C)c(C(O)CN(C)CC(F)(F)F)c(C)c1. The summed E-state index contributed by atoms with van der Waals surface area (Å²) in [5.74, 6) is 0. The predicted molar refractivity (Wildman–Crippen MR) is 69.2 cm³/mol. The van der Waals surface area contributed by atoms with Crippen LogP contribution in [0.25, 0.3) is 0 Å². The van der Waals surface area contributed by atoms with E-state index in [-0.39, 0.29) is 6.54 Å². The quantitative estimate of drug-likeness (QED) is 0.912. The van der Waals surface area contributed by atoms with Gasteiger partial charge >= 0.3 is 6.18 Å². The number of rotatable bonds is 4. The molecule has 0 bridgehead atoms. The van der Waals surface area contributed by atoms with Crippen LogP contribution in [0.3, 0.4) is 0 Å². The molecule has 0 aliphatic carbocycles. The number of hydrogen-bond acceptors (Lipinski definition) is 2. The maximum Gasteiger partial charge on any atom is 0.401 e. The Kier molecular flexibility index (Phi) is 4.98. The number of halogens is 3. The highest BCUT2D eigenvalue weighted by Crippen LogP contribution is 2.25. The first kappa shape index (κ1) is 16.0. The van der Waals surface area contributed by atoms with Crippen LogP contribution < -0.4 is 0 Å². The summed E-state index contributed by atoms with van der Waals surface area (Å²) in [6.07, 6.45) is -5.15. The van der Waals surface area contributed by atoms with Gasteiger partial charge in [0.05, 0.1) is 12.6 Å². The third kappa shape index (κ3) is 4.84. The van der Waals surface area contributed by atoms with E-state index in [2.05, 4.69) is 0 Å². The molecule has 1 aromatic carbocycles. The van der Waals surface area contributed by atoms with E-state index in [1.54, 1.807) is 0 Å². The monoisotopic (exact) mass is 275 g/mol. The largest absolute Gasteiger partial charge is 0.401 e. The van der Waals surface area contributed by atoms with Crippen molar-refractivity contribution < 1.29 is 18.3 Å². The molecule has 19 heavy (non-hydrogen) atoms. The van der Waals surface area contributed by atoms with Crippen molar-refractivity contribution in [2.75, 3.05) is 20.1 Å². The number of aliphatic hydroxyl groups excluding tert-OH is 1. The van der Waals surface area contributed by atoms with E-state index in [0.717, 1.165) is 27.2 Å². The second kappa shape index (κ2) is 5.92. The van der Waals surface area contributed by atoms with Crippen LogP contribution in [0.15, 0.2) is 12.1 Å². The van der Waals surface area contributed by atoms with E-state index < -0.39 is 18.8 Å². The van der Waals surface area contributed by atoms with Gasteiger partial charge in [-0.3, -0.25) is 4.90 Å². The third-order valence-corrected chi connectivity index (χ3v) is 3.01. The van der Waals surface area contributed by atoms with E-state index >= 15 is 0 Å². The van der Waals surface area contributed by atoms with Gasteiger partial charge < -0.3 is 5.11 Å². The molecule has 0 radical (unpaired) electrons. The molecule has 1 unspecified atom stereocenters. The molecule has 0 aliphatic rings. The molecular weight excluding hydrogens is 255 g/mol. The van der Waals surface area contributed by atoms with Gasteiger partial charge in [-0.2, -0.15) is 13.2 Å². The van der Waals surface area contributed by atoms with Crippen molar-refractivity contribution in [2.45, 2.75) is 33.1 Å². The van der Waals surface area contributed by atoms with E-state index in [1.165, 1.54) is 7.05 Å². The molecule has 0 heterocycles. The molecule has 0 saturated carbocycles. The summed E-state index contributed by atoms with van der Waals surface area (Å²) in [6.45, 7) is 4.62. The summed E-state index contributed by atoms with van der Waals surface area (Å²) in [6, 6.07) is 3.85. The van der Waals surface area contributed by atoms with Crippen LogP contribution in [-0.2, 0) is 0 Å². The van der Waals surface area contributed by atoms with Crippen molar-refractivity contribution in [3.05, 3.63) is 34.4 Å². The Morgan fingerprint density at radius 3 is 2.05 bits per heavy atom. The highest BCUT2D eigenvalue weighted by atomic mass is 19.4. The van der Waals surface area contributed by atoms with Crippen LogP contribution in [0.1, 0.15) is 28.4 Å². The van der Waals surface area contributed by atoms with Gasteiger partial charge in [0.1, 0.15) is 0 Å². The van der Waals surface area contributed by atoms with Gasteiger partial charge in [0.15, 0.2) is 0 Å². The first-order valence-corrected chi connectivity index (χ1v) is 6.11. The molecule has 0 amide bonds. The van der Waals surface area contributed by atoms with Crippen molar-refractivity contribution in [1.29, 1.82) is 0 Å². The molecule has 2 nitrogen and oxygen atoms in total. The lowest BCUT2D eigenvalue weighted by Crippen LogP contribution is -2.34. The normalized spacial score (nSPS) is 13.9. The van der Waals surface area contributed by atoms with Crippen molar-refractivity contribution >= 4 is 0 Å². The van der Waals surface area contributed by atoms with Gasteiger partial charge in [-0.25, -0.2) is 0 Å². The zero-order valence-corrected chi connectivity index (χ0v) is 11.7. The summed E-state index contributed by atoms with van der Waals surface area (Å²) >= 11 is 0. The molecule has 1 rings (SSSR count). The zero-order chi connectivity index (χ0) is 14.8. The first-order chi connectivity index (χ1) is 8.60. The Morgan fingerprint density at radius 1 is 1.16 bits per heavy atom. The van der Waals surface area contributed by atoms with Gasteiger partial charge in [-0.15, -0.1) is 0 Å². The summed E-state index contributed by atoms with van der Waals surface area (Å²) in [5.41, 5.74) is 3.62. The minimum atomic E-state index is -4.24. The van der Waals surface area contributed by atoms with Crippen LogP contribution in [0.4, 0.5) is 13.2 Å². The molecule has 1 atom stereocenters. The van der Waals surface area contributed by atoms with Crippen molar-refractivity contribution in [3.8, 4) is 0 Å². The minimum Gasteiger partial charge on any atom is -0.387 e. The maximum atomic E-state index is 12.2. The molecule has 0 fully saturated rings. The van der Waals surface area contributed by atoms with Crippen molar-refractivity contribution in [1.82, 2.24) is 4.90 Å². The van der Waals surface area contributed by atoms with Crippen LogP contribution in [-0.4, -0.2) is 36.3 Å². The Labute approximate surface area is 111 Å². The Morgan fingerprint density at radius 2 is 1.63 bits per heavy atom. The average molecular weight is 275 g/mol. The van der Waals surface area contributed by atoms with Gasteiger partial charge in [0, 0.05) is 6.54 Å². The fraction of sp³-hybridized carbons (Fsp3) is 0.571. The molecule has 0 aromatic heterocycles. The number of nitrogens with zero attached hydrogens (tertiary/aromatic N) is 1. The number of alkyl halides is 3. The minimum absolute atomic E-state index is 0.0374. The second-order valence-corrected chi connectivity index (χ2v) is 5.14. The Balaban J connectivity index is 2.81. The number of aryl methyl sites for hydroxylation is 3. The lowest BCUT2D eigenvalue weighted by molar-refractivity contribution is -0.145. The van der Waals surface area contributed by atoms with Crippen LogP contribution in [0.2, 0.25) is 0 Å². The highest BCUT2D eigenvalue weighted by Gasteiger charge is 2.30. The number of benzene rings is 1. The predicted octanol–water partition coefficient (Wildman–Crippen LogP) is 3.14. The second-order valence-electron chi connectivity index (χ2n) is 5.14. The van der Waals surface area contributed by atoms with E-state index in [1.807, 2.05) is 32.9 Å². The molecule has 0 spiro atoms.